The van der Waals surface area contributed by atoms with Crippen LogP contribution in [0.1, 0.15) is 84.0 Å². The molecule has 0 radical (unpaired) electrons. The van der Waals surface area contributed by atoms with Crippen molar-refractivity contribution in [3.63, 3.8) is 0 Å². The largest absolute Gasteiger partial charge is 0.462 e. The van der Waals surface area contributed by atoms with Crippen LogP contribution in [0.4, 0.5) is 0 Å². The molecule has 1 unspecified atom stereocenters. The zero-order chi connectivity index (χ0) is 33.5. The van der Waals surface area contributed by atoms with Gasteiger partial charge in [0.25, 0.3) is 0 Å². The summed E-state index contributed by atoms with van der Waals surface area (Å²) in [6, 6.07) is -2.22. The third-order valence-corrected chi connectivity index (χ3v) is 8.24. The number of rotatable bonds is 15. The van der Waals surface area contributed by atoms with Gasteiger partial charge < -0.3 is 50.2 Å². The number of carbonyl (C=O) groups excluding carboxylic acids is 5. The van der Waals surface area contributed by atoms with Crippen molar-refractivity contribution >= 4 is 29.7 Å². The monoisotopic (exact) mass is 655 g/mol. The van der Waals surface area contributed by atoms with E-state index in [1.165, 1.54) is 6.92 Å². The van der Waals surface area contributed by atoms with Crippen LogP contribution in [0.15, 0.2) is 12.2 Å². The van der Waals surface area contributed by atoms with Gasteiger partial charge in [-0.15, -0.1) is 0 Å². The zero-order valence-electron chi connectivity index (χ0n) is 26.4. The fraction of sp³-hybridized carbons (Fsp3) is 0.774. The number of hydrogen-bond donors (Lipinski definition) is 6. The standard InChI is InChI=1S/C31H49N3O12/c1-19(36)33-27-29(41)28(40)23(18-35)46-31(27)43-17-16-32-24(37)13-14-25(38)34-22(30(42)45-21-10-6-3-7-11-21)12-15-26(39)44-20-8-4-2-5-9-20/h13-14,20-23,27-29,31,35,40-41H,2-12,15-18H2,1H3,(H,32,37)(H,33,36)(H,34,38)/b14-13+/t22?,23-,27-,28+,29-,31-/m1/s1. The van der Waals surface area contributed by atoms with Crippen LogP contribution in [0.3, 0.4) is 0 Å². The molecular formula is C31H49N3O12. The lowest BCUT2D eigenvalue weighted by molar-refractivity contribution is -0.269. The SMILES string of the molecule is CC(=O)N[C@H]1[C@H](OCCNC(=O)/C=C/C(=O)NC(CCC(=O)OC2CCCCC2)C(=O)OC2CCCCC2)O[C@H](CO)[C@H](O)[C@@H]1O. The Balaban J connectivity index is 1.47. The summed E-state index contributed by atoms with van der Waals surface area (Å²) in [5.74, 6) is -2.95. The first kappa shape index (κ1) is 37.3. The summed E-state index contributed by atoms with van der Waals surface area (Å²) in [4.78, 5) is 61.9. The van der Waals surface area contributed by atoms with Crippen LogP contribution < -0.4 is 16.0 Å². The summed E-state index contributed by atoms with van der Waals surface area (Å²) in [6.07, 6.45) is 5.40. The van der Waals surface area contributed by atoms with Crippen molar-refractivity contribution in [2.45, 2.75) is 133 Å². The lowest BCUT2D eigenvalue weighted by Gasteiger charge is -2.42. The molecule has 0 aromatic rings. The van der Waals surface area contributed by atoms with Crippen molar-refractivity contribution < 1.29 is 58.2 Å². The minimum atomic E-state index is -1.47. The lowest BCUT2D eigenvalue weighted by Crippen LogP contribution is -2.64. The minimum absolute atomic E-state index is 0.00813. The molecule has 0 aromatic heterocycles. The predicted octanol–water partition coefficient (Wildman–Crippen LogP) is -0.364. The van der Waals surface area contributed by atoms with Gasteiger partial charge in [-0.25, -0.2) is 4.79 Å². The van der Waals surface area contributed by atoms with Gasteiger partial charge in [-0.2, -0.15) is 0 Å². The summed E-state index contributed by atoms with van der Waals surface area (Å²) in [7, 11) is 0. The maximum Gasteiger partial charge on any atom is 0.328 e. The van der Waals surface area contributed by atoms with Crippen LogP contribution in [-0.4, -0.2) is 114 Å². The number of aliphatic hydroxyl groups excluding tert-OH is 3. The molecule has 3 rings (SSSR count). The topological polar surface area (TPSA) is 219 Å². The van der Waals surface area contributed by atoms with Crippen molar-refractivity contribution in [3.8, 4) is 0 Å². The van der Waals surface area contributed by atoms with E-state index in [0.717, 1.165) is 76.4 Å². The first-order chi connectivity index (χ1) is 22.1. The smallest absolute Gasteiger partial charge is 0.328 e. The van der Waals surface area contributed by atoms with E-state index in [9.17, 15) is 39.3 Å². The van der Waals surface area contributed by atoms with Crippen molar-refractivity contribution in [3.05, 3.63) is 12.2 Å². The third-order valence-electron chi connectivity index (χ3n) is 8.24. The maximum atomic E-state index is 13.0. The summed E-state index contributed by atoms with van der Waals surface area (Å²) >= 11 is 0. The number of amides is 3. The van der Waals surface area contributed by atoms with Gasteiger partial charge >= 0.3 is 11.9 Å². The van der Waals surface area contributed by atoms with Crippen LogP contribution in [0.5, 0.6) is 0 Å². The Morgan fingerprint density at radius 3 is 2.09 bits per heavy atom. The maximum absolute atomic E-state index is 13.0. The van der Waals surface area contributed by atoms with Crippen LogP contribution in [0.2, 0.25) is 0 Å². The predicted molar refractivity (Wildman–Crippen MR) is 161 cm³/mol. The molecular weight excluding hydrogens is 606 g/mol. The number of ether oxygens (including phenoxy) is 4. The molecule has 6 atom stereocenters. The molecule has 2 aliphatic carbocycles. The number of hydrogen-bond acceptors (Lipinski definition) is 12. The van der Waals surface area contributed by atoms with E-state index in [2.05, 4.69) is 16.0 Å². The fourth-order valence-corrected chi connectivity index (χ4v) is 5.76. The second-order valence-corrected chi connectivity index (χ2v) is 12.0. The number of nitrogens with one attached hydrogen (secondary N) is 3. The molecule has 0 bridgehead atoms. The first-order valence-electron chi connectivity index (χ1n) is 16.2. The molecule has 3 aliphatic rings. The fourth-order valence-electron chi connectivity index (χ4n) is 5.76. The van der Waals surface area contributed by atoms with Gasteiger partial charge in [0.05, 0.1) is 13.2 Å². The molecule has 0 spiro atoms. The van der Waals surface area contributed by atoms with Crippen LogP contribution in [0, 0.1) is 0 Å². The van der Waals surface area contributed by atoms with Gasteiger partial charge in [0, 0.05) is 32.0 Å². The Morgan fingerprint density at radius 1 is 0.870 bits per heavy atom. The summed E-state index contributed by atoms with van der Waals surface area (Å²) in [5, 5.41) is 37.3. The Morgan fingerprint density at radius 2 is 1.48 bits per heavy atom. The van der Waals surface area contributed by atoms with Gasteiger partial charge in [-0.05, 0) is 57.8 Å². The van der Waals surface area contributed by atoms with Crippen molar-refractivity contribution in [2.75, 3.05) is 19.8 Å². The van der Waals surface area contributed by atoms with Gasteiger partial charge in [-0.3, -0.25) is 19.2 Å². The normalized spacial score (nSPS) is 26.6. The third kappa shape index (κ3) is 12.6. The van der Waals surface area contributed by atoms with E-state index in [0.29, 0.717) is 0 Å². The molecule has 1 aliphatic heterocycles. The van der Waals surface area contributed by atoms with Crippen LogP contribution >= 0.6 is 0 Å². The highest BCUT2D eigenvalue weighted by Gasteiger charge is 2.45. The molecule has 0 aromatic carbocycles. The Bertz CT molecular complexity index is 1040. The quantitative estimate of drug-likeness (QED) is 0.0757. The summed E-state index contributed by atoms with van der Waals surface area (Å²) < 4.78 is 22.2. The van der Waals surface area contributed by atoms with E-state index in [-0.39, 0.29) is 38.2 Å². The van der Waals surface area contributed by atoms with Crippen molar-refractivity contribution in [2.24, 2.45) is 0 Å². The molecule has 260 valence electrons. The van der Waals surface area contributed by atoms with E-state index in [1.807, 2.05) is 0 Å². The molecule has 3 fully saturated rings. The number of aliphatic hydroxyl groups is 3. The van der Waals surface area contributed by atoms with Gasteiger partial charge in [0.2, 0.25) is 17.7 Å². The highest BCUT2D eigenvalue weighted by atomic mass is 16.7. The molecule has 2 saturated carbocycles. The highest BCUT2D eigenvalue weighted by molar-refractivity contribution is 5.98. The number of esters is 2. The average molecular weight is 656 g/mol. The van der Waals surface area contributed by atoms with E-state index in [4.69, 9.17) is 18.9 Å². The van der Waals surface area contributed by atoms with Crippen LogP contribution in [-0.2, 0) is 42.9 Å². The second kappa shape index (κ2) is 19.5. The van der Waals surface area contributed by atoms with Crippen molar-refractivity contribution in [1.29, 1.82) is 0 Å². The Labute approximate surface area is 268 Å². The molecule has 1 saturated heterocycles. The molecule has 15 heteroatoms. The zero-order valence-corrected chi connectivity index (χ0v) is 26.4. The molecule has 1 heterocycles. The first-order valence-corrected chi connectivity index (χ1v) is 16.2. The molecule has 6 N–H and O–H groups in total. The average Bonchev–Trinajstić information content (AvgIpc) is 3.04. The minimum Gasteiger partial charge on any atom is -0.462 e. The summed E-state index contributed by atoms with van der Waals surface area (Å²) in [6.45, 7) is 0.419. The van der Waals surface area contributed by atoms with E-state index < -0.39 is 73.0 Å². The van der Waals surface area contributed by atoms with Gasteiger partial charge in [0.15, 0.2) is 6.29 Å². The number of carbonyl (C=O) groups is 5. The molecule has 3 amide bonds. The van der Waals surface area contributed by atoms with Crippen LogP contribution in [0.25, 0.3) is 0 Å². The van der Waals surface area contributed by atoms with Gasteiger partial charge in [0.1, 0.15) is 42.6 Å². The second-order valence-electron chi connectivity index (χ2n) is 12.0. The Kier molecular flexibility index (Phi) is 15.9. The van der Waals surface area contributed by atoms with Gasteiger partial charge in [-0.1, -0.05) is 12.8 Å². The lowest BCUT2D eigenvalue weighted by atomic mass is 9.97. The van der Waals surface area contributed by atoms with Crippen molar-refractivity contribution in [1.82, 2.24) is 16.0 Å². The Hall–Kier alpha value is -3.11. The summed E-state index contributed by atoms with van der Waals surface area (Å²) in [5.41, 5.74) is 0. The van der Waals surface area contributed by atoms with E-state index in [1.54, 1.807) is 0 Å². The highest BCUT2D eigenvalue weighted by Crippen LogP contribution is 2.24. The molecule has 46 heavy (non-hydrogen) atoms. The van der Waals surface area contributed by atoms with E-state index >= 15 is 0 Å². The molecule has 15 nitrogen and oxygen atoms in total.